The molecule has 18 heavy (non-hydrogen) atoms. The molecule has 0 saturated heterocycles. The maximum absolute atomic E-state index is 5.76. The Morgan fingerprint density at radius 2 is 2.22 bits per heavy atom. The van der Waals surface area contributed by atoms with Crippen molar-refractivity contribution in [1.29, 1.82) is 0 Å². The summed E-state index contributed by atoms with van der Waals surface area (Å²) in [7, 11) is 0. The van der Waals surface area contributed by atoms with E-state index in [-0.39, 0.29) is 6.04 Å². The number of halogens is 1. The first-order valence-corrected chi connectivity index (χ1v) is 7.89. The van der Waals surface area contributed by atoms with Gasteiger partial charge in [-0.15, -0.1) is 11.3 Å². The molecule has 0 bridgehead atoms. The lowest BCUT2D eigenvalue weighted by Crippen LogP contribution is -2.23. The average molecular weight is 328 g/mol. The van der Waals surface area contributed by atoms with Gasteiger partial charge in [-0.1, -0.05) is 6.92 Å². The van der Waals surface area contributed by atoms with E-state index in [1.54, 1.807) is 11.3 Å². The van der Waals surface area contributed by atoms with Crippen LogP contribution in [0.2, 0.25) is 0 Å². The van der Waals surface area contributed by atoms with Crippen molar-refractivity contribution >= 4 is 27.3 Å². The normalized spacial score (nSPS) is 12.8. The molecule has 2 heterocycles. The molecule has 2 rings (SSSR count). The van der Waals surface area contributed by atoms with Crippen LogP contribution in [0.1, 0.15) is 35.8 Å². The summed E-state index contributed by atoms with van der Waals surface area (Å²) >= 11 is 5.38. The quantitative estimate of drug-likeness (QED) is 0.832. The first kappa shape index (κ1) is 13.8. The van der Waals surface area contributed by atoms with Crippen LogP contribution in [0.5, 0.6) is 0 Å². The summed E-state index contributed by atoms with van der Waals surface area (Å²) in [6.07, 6.45) is 2.09. The van der Waals surface area contributed by atoms with Crippen LogP contribution >= 0.6 is 27.3 Å². The summed E-state index contributed by atoms with van der Waals surface area (Å²) in [6.45, 7) is 5.17. The third-order valence-electron chi connectivity index (χ3n) is 2.83. The molecule has 0 aromatic carbocycles. The van der Waals surface area contributed by atoms with Gasteiger partial charge in [0.25, 0.3) is 0 Å². The van der Waals surface area contributed by atoms with Crippen molar-refractivity contribution in [2.24, 2.45) is 0 Å². The van der Waals surface area contributed by atoms with E-state index in [9.17, 15) is 0 Å². The fourth-order valence-corrected chi connectivity index (χ4v) is 3.45. The zero-order valence-corrected chi connectivity index (χ0v) is 13.1. The number of nitrogens with one attached hydrogen (secondary N) is 1. The third kappa shape index (κ3) is 3.46. The Morgan fingerprint density at radius 1 is 1.39 bits per heavy atom. The van der Waals surface area contributed by atoms with Crippen LogP contribution in [-0.4, -0.2) is 6.54 Å². The van der Waals surface area contributed by atoms with Crippen molar-refractivity contribution in [2.75, 3.05) is 6.54 Å². The predicted octanol–water partition coefficient (Wildman–Crippen LogP) is 4.70. The Morgan fingerprint density at radius 3 is 2.78 bits per heavy atom. The number of aryl methyl sites for hydroxylation is 1. The summed E-state index contributed by atoms with van der Waals surface area (Å²) in [5.41, 5.74) is 0. The van der Waals surface area contributed by atoms with Crippen LogP contribution in [0.4, 0.5) is 0 Å². The van der Waals surface area contributed by atoms with Gasteiger partial charge < -0.3 is 9.73 Å². The first-order valence-electron chi connectivity index (χ1n) is 6.22. The lowest BCUT2D eigenvalue weighted by Gasteiger charge is -2.15. The van der Waals surface area contributed by atoms with E-state index in [1.807, 2.05) is 13.0 Å². The van der Waals surface area contributed by atoms with E-state index < -0.39 is 0 Å². The summed E-state index contributed by atoms with van der Waals surface area (Å²) in [6, 6.07) is 6.46. The lowest BCUT2D eigenvalue weighted by atomic mass is 10.1. The Labute approximate surface area is 121 Å². The number of thiophene rings is 1. The van der Waals surface area contributed by atoms with Crippen molar-refractivity contribution in [3.8, 4) is 0 Å². The lowest BCUT2D eigenvalue weighted by molar-refractivity contribution is 0.399. The van der Waals surface area contributed by atoms with Crippen LogP contribution in [0.25, 0.3) is 0 Å². The van der Waals surface area contributed by atoms with Gasteiger partial charge in [-0.25, -0.2) is 0 Å². The van der Waals surface area contributed by atoms with Crippen LogP contribution in [0.3, 0.4) is 0 Å². The Kier molecular flexibility index (Phi) is 5.03. The Balaban J connectivity index is 2.12. The van der Waals surface area contributed by atoms with E-state index >= 15 is 0 Å². The summed E-state index contributed by atoms with van der Waals surface area (Å²) in [5, 5.41) is 5.67. The summed E-state index contributed by atoms with van der Waals surface area (Å²) in [4.78, 5) is 1.36. The molecule has 0 radical (unpaired) electrons. The molecular weight excluding hydrogens is 310 g/mol. The van der Waals surface area contributed by atoms with Gasteiger partial charge in [-0.05, 0) is 59.4 Å². The minimum atomic E-state index is 0.258. The van der Waals surface area contributed by atoms with E-state index in [4.69, 9.17) is 4.42 Å². The van der Waals surface area contributed by atoms with Gasteiger partial charge in [0, 0.05) is 15.8 Å². The molecule has 1 unspecified atom stereocenters. The highest BCUT2D eigenvalue weighted by Gasteiger charge is 2.17. The van der Waals surface area contributed by atoms with Gasteiger partial charge in [-0.2, -0.15) is 0 Å². The second kappa shape index (κ2) is 6.55. The Hall–Kier alpha value is -0.580. The number of hydrogen-bond acceptors (Lipinski definition) is 3. The highest BCUT2D eigenvalue weighted by Crippen LogP contribution is 2.29. The fraction of sp³-hybridized carbons (Fsp3) is 0.429. The summed E-state index contributed by atoms with van der Waals surface area (Å²) < 4.78 is 6.95. The standard InChI is InChI=1S/C14H18BrNOS/c1-3-7-16-12(13-5-4-10(2)17-13)9-14-11(15)6-8-18-14/h4-6,8,12,16H,3,7,9H2,1-2H3. The van der Waals surface area contributed by atoms with Crippen LogP contribution in [0.15, 0.2) is 32.5 Å². The van der Waals surface area contributed by atoms with Crippen molar-refractivity contribution in [1.82, 2.24) is 5.32 Å². The molecule has 0 aliphatic heterocycles. The van der Waals surface area contributed by atoms with E-state index in [0.29, 0.717) is 0 Å². The van der Waals surface area contributed by atoms with E-state index in [0.717, 1.165) is 30.9 Å². The maximum Gasteiger partial charge on any atom is 0.121 e. The minimum absolute atomic E-state index is 0.258. The van der Waals surface area contributed by atoms with Crippen LogP contribution in [0, 0.1) is 6.92 Å². The number of rotatable bonds is 6. The zero-order chi connectivity index (χ0) is 13.0. The van der Waals surface area contributed by atoms with Crippen molar-refractivity contribution < 1.29 is 4.42 Å². The molecule has 2 aromatic heterocycles. The third-order valence-corrected chi connectivity index (χ3v) is 4.77. The van der Waals surface area contributed by atoms with Crippen molar-refractivity contribution in [2.45, 2.75) is 32.7 Å². The van der Waals surface area contributed by atoms with Gasteiger partial charge >= 0.3 is 0 Å². The molecule has 0 saturated carbocycles. The largest absolute Gasteiger partial charge is 0.465 e. The van der Waals surface area contributed by atoms with Gasteiger partial charge in [-0.3, -0.25) is 0 Å². The monoisotopic (exact) mass is 327 g/mol. The molecule has 2 aromatic rings. The molecule has 0 aliphatic rings. The first-order chi connectivity index (χ1) is 8.70. The number of furan rings is 1. The van der Waals surface area contributed by atoms with Gasteiger partial charge in [0.05, 0.1) is 6.04 Å². The molecule has 0 fully saturated rings. The highest BCUT2D eigenvalue weighted by molar-refractivity contribution is 9.10. The number of hydrogen-bond donors (Lipinski definition) is 1. The SMILES string of the molecule is CCCNC(Cc1sccc1Br)c1ccc(C)o1. The highest BCUT2D eigenvalue weighted by atomic mass is 79.9. The van der Waals surface area contributed by atoms with E-state index in [2.05, 4.69) is 45.7 Å². The smallest absolute Gasteiger partial charge is 0.121 e. The summed E-state index contributed by atoms with van der Waals surface area (Å²) in [5.74, 6) is 2.00. The molecule has 1 atom stereocenters. The second-order valence-electron chi connectivity index (χ2n) is 4.35. The molecular formula is C14H18BrNOS. The van der Waals surface area contributed by atoms with E-state index in [1.165, 1.54) is 9.35 Å². The van der Waals surface area contributed by atoms with Gasteiger partial charge in [0.1, 0.15) is 11.5 Å². The zero-order valence-electron chi connectivity index (χ0n) is 10.7. The van der Waals surface area contributed by atoms with Gasteiger partial charge in [0.2, 0.25) is 0 Å². The molecule has 2 nitrogen and oxygen atoms in total. The van der Waals surface area contributed by atoms with Crippen molar-refractivity contribution in [3.63, 3.8) is 0 Å². The molecule has 0 aliphatic carbocycles. The van der Waals surface area contributed by atoms with Crippen LogP contribution in [-0.2, 0) is 6.42 Å². The second-order valence-corrected chi connectivity index (χ2v) is 6.21. The van der Waals surface area contributed by atoms with Crippen molar-refractivity contribution in [3.05, 3.63) is 44.4 Å². The predicted molar refractivity (Wildman–Crippen MR) is 80.2 cm³/mol. The fourth-order valence-electron chi connectivity index (χ4n) is 1.89. The minimum Gasteiger partial charge on any atom is -0.465 e. The molecule has 1 N–H and O–H groups in total. The maximum atomic E-state index is 5.76. The van der Waals surface area contributed by atoms with Gasteiger partial charge in [0.15, 0.2) is 0 Å². The molecule has 4 heteroatoms. The molecule has 98 valence electrons. The average Bonchev–Trinajstić information content (AvgIpc) is 2.94. The molecule has 0 spiro atoms. The molecule has 0 amide bonds. The van der Waals surface area contributed by atoms with Crippen LogP contribution < -0.4 is 5.32 Å². The Bertz CT molecular complexity index is 491. The topological polar surface area (TPSA) is 25.2 Å².